The van der Waals surface area contributed by atoms with E-state index in [0.29, 0.717) is 18.8 Å². The van der Waals surface area contributed by atoms with Gasteiger partial charge in [0, 0.05) is 10.1 Å². The summed E-state index contributed by atoms with van der Waals surface area (Å²) in [5.41, 5.74) is -0.909. The van der Waals surface area contributed by atoms with Gasteiger partial charge >= 0.3 is 11.9 Å². The smallest absolute Gasteiger partial charge is 0.266 e. The van der Waals surface area contributed by atoms with Crippen LogP contribution in [0.25, 0.3) is 0 Å². The Morgan fingerprint density at radius 1 is 0.903 bits per heavy atom. The maximum atomic E-state index is 13.3. The maximum Gasteiger partial charge on any atom is 0.352 e. The average Bonchev–Trinajstić information content (AvgIpc) is 2.78. The van der Waals surface area contributed by atoms with Crippen molar-refractivity contribution in [3.8, 4) is 0 Å². The van der Waals surface area contributed by atoms with Crippen molar-refractivity contribution < 1.29 is 29.4 Å². The summed E-state index contributed by atoms with van der Waals surface area (Å²) in [7, 11) is 0. The quantitative estimate of drug-likeness (QED) is 0.151. The van der Waals surface area contributed by atoms with Gasteiger partial charge in [-0.15, -0.1) is 0 Å². The lowest BCUT2D eigenvalue weighted by Gasteiger charge is -2.49. The molecule has 0 N–H and O–H groups in total. The average molecular weight is 443 g/mol. The van der Waals surface area contributed by atoms with Crippen LogP contribution in [0.15, 0.2) is 0 Å². The molecule has 0 radical (unpaired) electrons. The minimum absolute atomic E-state index is 0.234. The molecule has 1 rings (SSSR count). The normalized spacial score (nSPS) is 18.3. The summed E-state index contributed by atoms with van der Waals surface area (Å²) in [6.07, 6.45) is 12.6. The highest BCUT2D eigenvalue weighted by Crippen LogP contribution is 2.54. The molecule has 1 aliphatic rings. The third-order valence-corrected chi connectivity index (χ3v) is 7.80. The van der Waals surface area contributed by atoms with Crippen LogP contribution >= 0.6 is 0 Å². The third kappa shape index (κ3) is 7.45. The zero-order valence-electron chi connectivity index (χ0n) is 20.8. The minimum atomic E-state index is -0.675. The van der Waals surface area contributed by atoms with E-state index >= 15 is 0 Å². The molecule has 0 aromatic heterocycles. The van der Waals surface area contributed by atoms with Crippen molar-refractivity contribution in [3.63, 3.8) is 0 Å². The van der Waals surface area contributed by atoms with Crippen LogP contribution in [0.4, 0.5) is 0 Å². The Balaban J connectivity index is 2.76. The highest BCUT2D eigenvalue weighted by molar-refractivity contribution is 5.77. The number of carbonyl (C=O) groups is 2. The van der Waals surface area contributed by atoms with Crippen LogP contribution in [-0.2, 0) is 29.4 Å². The van der Waals surface area contributed by atoms with E-state index in [0.717, 1.165) is 51.4 Å². The van der Waals surface area contributed by atoms with Gasteiger partial charge in [-0.05, 0) is 49.9 Å². The van der Waals surface area contributed by atoms with Gasteiger partial charge in [-0.3, -0.25) is 9.78 Å². The van der Waals surface area contributed by atoms with Gasteiger partial charge in [0.05, 0.1) is 11.3 Å². The van der Waals surface area contributed by atoms with E-state index in [2.05, 4.69) is 37.8 Å². The maximum absolute atomic E-state index is 13.3. The van der Waals surface area contributed by atoms with E-state index in [1.807, 2.05) is 13.8 Å². The largest absolute Gasteiger partial charge is 0.352 e. The first-order chi connectivity index (χ1) is 14.8. The number of carbonyl (C=O) groups excluding carboxylic acids is 2. The monoisotopic (exact) mass is 442 g/mol. The lowest BCUT2D eigenvalue weighted by atomic mass is 9.54. The minimum Gasteiger partial charge on any atom is -0.266 e. The summed E-state index contributed by atoms with van der Waals surface area (Å²) >= 11 is 0. The van der Waals surface area contributed by atoms with E-state index in [4.69, 9.17) is 9.78 Å². The van der Waals surface area contributed by atoms with E-state index < -0.39 is 17.4 Å². The van der Waals surface area contributed by atoms with Crippen LogP contribution in [0.3, 0.4) is 0 Å². The molecule has 0 aliphatic heterocycles. The van der Waals surface area contributed by atoms with E-state index in [1.165, 1.54) is 19.3 Å². The molecule has 0 heterocycles. The summed E-state index contributed by atoms with van der Waals surface area (Å²) in [5.74, 6) is -0.715. The standard InChI is InChI=1S/C25H46O6/c1-7-11-16-20(9-3)22(26)28-30-31-29-23(27)25(10-4,19-12-8-2)24(5,6)21-17-14-13-15-18-21/h20-21H,7-19H2,1-6H3. The molecule has 1 aliphatic carbocycles. The van der Waals surface area contributed by atoms with Crippen molar-refractivity contribution in [1.82, 2.24) is 0 Å². The number of unbranched alkanes of at least 4 members (excludes halogenated alkanes) is 2. The van der Waals surface area contributed by atoms with Crippen LogP contribution in [0.1, 0.15) is 125 Å². The number of rotatable bonds is 15. The number of hydrogen-bond acceptors (Lipinski definition) is 6. The van der Waals surface area contributed by atoms with Crippen molar-refractivity contribution >= 4 is 11.9 Å². The van der Waals surface area contributed by atoms with Crippen LogP contribution in [0.5, 0.6) is 0 Å². The summed E-state index contributed by atoms with van der Waals surface area (Å²) < 4.78 is 0. The zero-order chi connectivity index (χ0) is 23.3. The lowest BCUT2D eigenvalue weighted by Crippen LogP contribution is -2.49. The van der Waals surface area contributed by atoms with Crippen LogP contribution in [-0.4, -0.2) is 11.9 Å². The Bertz CT molecular complexity index is 526. The van der Waals surface area contributed by atoms with Gasteiger partial charge in [0.1, 0.15) is 0 Å². The molecule has 182 valence electrons. The van der Waals surface area contributed by atoms with E-state index in [-0.39, 0.29) is 11.3 Å². The molecular formula is C25H46O6. The van der Waals surface area contributed by atoms with Crippen molar-refractivity contribution in [2.24, 2.45) is 22.7 Å². The van der Waals surface area contributed by atoms with Gasteiger partial charge in [-0.1, -0.05) is 86.5 Å². The summed E-state index contributed by atoms with van der Waals surface area (Å²) in [6, 6.07) is 0. The molecule has 1 saturated carbocycles. The highest BCUT2D eigenvalue weighted by atomic mass is 17.7. The van der Waals surface area contributed by atoms with Crippen LogP contribution in [0.2, 0.25) is 0 Å². The molecule has 6 heteroatoms. The SMILES string of the molecule is CCCCC(CC)C(=O)OOOOC(=O)C(CC)(CCCC)C(C)(C)C1CCCCC1. The van der Waals surface area contributed by atoms with Gasteiger partial charge in [0.15, 0.2) is 0 Å². The molecule has 2 atom stereocenters. The van der Waals surface area contributed by atoms with Crippen molar-refractivity contribution in [2.45, 2.75) is 125 Å². The molecule has 2 unspecified atom stereocenters. The second-order valence-corrected chi connectivity index (χ2v) is 9.75. The summed E-state index contributed by atoms with van der Waals surface area (Å²) in [6.45, 7) is 12.6. The third-order valence-electron chi connectivity index (χ3n) is 7.80. The summed E-state index contributed by atoms with van der Waals surface area (Å²) in [4.78, 5) is 35.2. The van der Waals surface area contributed by atoms with Gasteiger partial charge < -0.3 is 0 Å². The lowest BCUT2D eigenvalue weighted by molar-refractivity contribution is -0.602. The van der Waals surface area contributed by atoms with Crippen molar-refractivity contribution in [2.75, 3.05) is 0 Å². The Hall–Kier alpha value is -1.14. The molecule has 0 bridgehead atoms. The first-order valence-corrected chi connectivity index (χ1v) is 12.6. The first-order valence-electron chi connectivity index (χ1n) is 12.6. The second-order valence-electron chi connectivity index (χ2n) is 9.75. The van der Waals surface area contributed by atoms with Crippen molar-refractivity contribution in [1.29, 1.82) is 0 Å². The van der Waals surface area contributed by atoms with Crippen LogP contribution < -0.4 is 0 Å². The van der Waals surface area contributed by atoms with Crippen LogP contribution in [0, 0.1) is 22.7 Å². The van der Waals surface area contributed by atoms with E-state index in [9.17, 15) is 9.59 Å². The predicted octanol–water partition coefficient (Wildman–Crippen LogP) is 7.26. The highest BCUT2D eigenvalue weighted by Gasteiger charge is 2.54. The topological polar surface area (TPSA) is 71.1 Å². The fraction of sp³-hybridized carbons (Fsp3) is 0.920. The zero-order valence-corrected chi connectivity index (χ0v) is 20.8. The molecule has 0 aromatic rings. The second kappa shape index (κ2) is 14.1. The summed E-state index contributed by atoms with van der Waals surface area (Å²) in [5, 5.41) is 9.18. The Morgan fingerprint density at radius 3 is 2.06 bits per heavy atom. The van der Waals surface area contributed by atoms with Crippen molar-refractivity contribution in [3.05, 3.63) is 0 Å². The molecule has 6 nitrogen and oxygen atoms in total. The predicted molar refractivity (Wildman–Crippen MR) is 120 cm³/mol. The number of hydrogen-bond donors (Lipinski definition) is 0. The molecule has 0 amide bonds. The van der Waals surface area contributed by atoms with E-state index in [1.54, 1.807) is 0 Å². The van der Waals surface area contributed by atoms with Gasteiger partial charge in [-0.25, -0.2) is 9.59 Å². The molecule has 1 fully saturated rings. The van der Waals surface area contributed by atoms with Gasteiger partial charge in [0.2, 0.25) is 0 Å². The first kappa shape index (κ1) is 27.9. The Labute approximate surface area is 189 Å². The molecule has 0 saturated heterocycles. The Kier molecular flexibility index (Phi) is 12.7. The fourth-order valence-corrected chi connectivity index (χ4v) is 5.34. The molecule has 0 spiro atoms. The molecule has 31 heavy (non-hydrogen) atoms. The van der Waals surface area contributed by atoms with Gasteiger partial charge in [0.25, 0.3) is 0 Å². The molecular weight excluding hydrogens is 396 g/mol. The van der Waals surface area contributed by atoms with Gasteiger partial charge in [-0.2, -0.15) is 0 Å². The Morgan fingerprint density at radius 2 is 1.52 bits per heavy atom. The fourth-order valence-electron chi connectivity index (χ4n) is 5.34. The molecule has 0 aromatic carbocycles.